The minimum atomic E-state index is -4.97. The molecule has 1 aliphatic rings. The van der Waals surface area contributed by atoms with Gasteiger partial charge < -0.3 is 15.2 Å². The molecule has 39 heavy (non-hydrogen) atoms. The topological polar surface area (TPSA) is 92.2 Å². The average molecular weight is 559 g/mol. The van der Waals surface area contributed by atoms with Crippen molar-refractivity contribution in [2.45, 2.75) is 55.7 Å². The van der Waals surface area contributed by atoms with Crippen molar-refractivity contribution in [3.05, 3.63) is 87.6 Å². The Morgan fingerprint density at radius 1 is 1.05 bits per heavy atom. The Bertz CT molecular complexity index is 1280. The zero-order valence-electron chi connectivity index (χ0n) is 20.9. The van der Waals surface area contributed by atoms with E-state index >= 15 is 0 Å². The van der Waals surface area contributed by atoms with Gasteiger partial charge in [0.15, 0.2) is 0 Å². The second kappa shape index (κ2) is 10.8. The summed E-state index contributed by atoms with van der Waals surface area (Å²) in [6, 6.07) is 10.5. The van der Waals surface area contributed by atoms with Crippen molar-refractivity contribution < 1.29 is 36.2 Å². The van der Waals surface area contributed by atoms with Crippen LogP contribution in [0.3, 0.4) is 0 Å². The lowest BCUT2D eigenvalue weighted by Crippen LogP contribution is -2.60. The number of hydrogen-bond donors (Lipinski definition) is 3. The molecule has 3 atom stereocenters. The zero-order chi connectivity index (χ0) is 28.5. The number of rotatable bonds is 8. The fourth-order valence-corrected chi connectivity index (χ4v) is 5.08. The fraction of sp³-hybridized carbons (Fsp3) is 0.462. The zero-order valence-corrected chi connectivity index (χ0v) is 20.9. The first kappa shape index (κ1) is 28.8. The Morgan fingerprint density at radius 3 is 2.18 bits per heavy atom. The third-order valence-electron chi connectivity index (χ3n) is 7.40. The summed E-state index contributed by atoms with van der Waals surface area (Å²) >= 11 is 0. The van der Waals surface area contributed by atoms with Gasteiger partial charge in [-0.2, -0.15) is 31.4 Å². The number of piperidine rings is 1. The summed E-state index contributed by atoms with van der Waals surface area (Å²) in [6.45, 7) is 1.35. The van der Waals surface area contributed by atoms with E-state index < -0.39 is 46.4 Å². The van der Waals surface area contributed by atoms with E-state index in [2.05, 4.69) is 15.5 Å². The smallest absolute Gasteiger partial charge is 0.396 e. The summed E-state index contributed by atoms with van der Waals surface area (Å²) in [5.41, 5.74) is -4.37. The van der Waals surface area contributed by atoms with Crippen LogP contribution in [0.15, 0.2) is 59.7 Å². The quantitative estimate of drug-likeness (QED) is 0.348. The maximum atomic E-state index is 13.4. The number of nitrogens with one attached hydrogen (secondary N) is 2. The van der Waals surface area contributed by atoms with E-state index in [-0.39, 0.29) is 37.8 Å². The van der Waals surface area contributed by atoms with E-state index in [0.717, 1.165) is 5.56 Å². The lowest BCUT2D eigenvalue weighted by Gasteiger charge is -2.48. The van der Waals surface area contributed by atoms with Crippen LogP contribution in [0.4, 0.5) is 26.3 Å². The predicted molar refractivity (Wildman–Crippen MR) is 129 cm³/mol. The van der Waals surface area contributed by atoms with Crippen LogP contribution in [0.5, 0.6) is 0 Å². The molecule has 0 bridgehead atoms. The van der Waals surface area contributed by atoms with Gasteiger partial charge in [-0.05, 0) is 55.5 Å². The van der Waals surface area contributed by atoms with Crippen molar-refractivity contribution in [3.63, 3.8) is 0 Å². The van der Waals surface area contributed by atoms with Gasteiger partial charge in [-0.15, -0.1) is 0 Å². The number of benzene rings is 2. The number of aromatic nitrogens is 3. The molecule has 1 aliphatic heterocycles. The Labute approximate surface area is 219 Å². The highest BCUT2D eigenvalue weighted by molar-refractivity contribution is 5.35. The SMILES string of the molecule is C[C@@H](OC[C@@]1(c2ccccc2)CC[C@](CCO)(n2cn[nH]c2=O)CN1)c1cc(C(F)(F)F)cc(C(F)(F)F)c1. The Morgan fingerprint density at radius 2 is 1.69 bits per heavy atom. The van der Waals surface area contributed by atoms with Gasteiger partial charge in [0.25, 0.3) is 0 Å². The van der Waals surface area contributed by atoms with Gasteiger partial charge in [-0.3, -0.25) is 4.57 Å². The highest BCUT2D eigenvalue weighted by atomic mass is 19.4. The molecule has 0 spiro atoms. The van der Waals surface area contributed by atoms with Crippen LogP contribution in [0.25, 0.3) is 0 Å². The predicted octanol–water partition coefficient (Wildman–Crippen LogP) is 4.74. The molecule has 0 aliphatic carbocycles. The third kappa shape index (κ3) is 6.04. The van der Waals surface area contributed by atoms with Gasteiger partial charge >= 0.3 is 18.0 Å². The third-order valence-corrected chi connectivity index (χ3v) is 7.40. The lowest BCUT2D eigenvalue weighted by atomic mass is 9.75. The molecule has 1 aromatic heterocycles. The molecule has 2 heterocycles. The van der Waals surface area contributed by atoms with E-state index in [0.29, 0.717) is 25.0 Å². The first-order valence-corrected chi connectivity index (χ1v) is 12.2. The normalized spacial score (nSPS) is 23.1. The minimum Gasteiger partial charge on any atom is -0.396 e. The summed E-state index contributed by atoms with van der Waals surface area (Å²) in [5, 5.41) is 19.3. The molecule has 4 rings (SSSR count). The molecule has 0 saturated carbocycles. The molecule has 212 valence electrons. The van der Waals surface area contributed by atoms with Crippen molar-refractivity contribution in [1.29, 1.82) is 0 Å². The Hall–Kier alpha value is -3.16. The molecular weight excluding hydrogens is 530 g/mol. The Balaban J connectivity index is 1.63. The standard InChI is InChI=1S/C26H28F6N4O3/c1-17(18-11-20(25(27,28)29)13-21(12-18)26(30,31)32)39-15-24(19-5-3-2-4-6-19)8-7-23(9-10-37,14-33-24)36-16-34-35-22(36)38/h2-6,11-13,16-17,33,37H,7-10,14-15H2,1H3,(H,35,38)/t17-,23-,24-/m1/s1. The first-order valence-electron chi connectivity index (χ1n) is 12.2. The Kier molecular flexibility index (Phi) is 7.97. The maximum Gasteiger partial charge on any atom is 0.416 e. The van der Waals surface area contributed by atoms with Crippen molar-refractivity contribution in [3.8, 4) is 0 Å². The van der Waals surface area contributed by atoms with E-state index in [1.165, 1.54) is 17.8 Å². The monoisotopic (exact) mass is 558 g/mol. The average Bonchev–Trinajstić information content (AvgIpc) is 3.34. The summed E-state index contributed by atoms with van der Waals surface area (Å²) in [7, 11) is 0. The van der Waals surface area contributed by atoms with Gasteiger partial charge in [-0.25, -0.2) is 9.89 Å². The molecule has 0 amide bonds. The molecular formula is C26H28F6N4O3. The van der Waals surface area contributed by atoms with Crippen LogP contribution in [0.1, 0.15) is 54.5 Å². The second-order valence-electron chi connectivity index (χ2n) is 9.82. The van der Waals surface area contributed by atoms with E-state index in [4.69, 9.17) is 4.74 Å². The number of halogens is 6. The number of aromatic amines is 1. The largest absolute Gasteiger partial charge is 0.416 e. The number of nitrogens with zero attached hydrogens (tertiary/aromatic N) is 2. The van der Waals surface area contributed by atoms with Gasteiger partial charge in [0.2, 0.25) is 0 Å². The van der Waals surface area contributed by atoms with E-state index in [9.17, 15) is 36.2 Å². The van der Waals surface area contributed by atoms with Crippen LogP contribution in [0.2, 0.25) is 0 Å². The van der Waals surface area contributed by atoms with Gasteiger partial charge in [0.1, 0.15) is 6.33 Å². The molecule has 0 unspecified atom stereocenters. The number of ether oxygens (including phenoxy) is 1. The fourth-order valence-electron chi connectivity index (χ4n) is 5.08. The summed E-state index contributed by atoms with van der Waals surface area (Å²) in [4.78, 5) is 12.3. The molecule has 13 heteroatoms. The molecule has 7 nitrogen and oxygen atoms in total. The molecule has 0 radical (unpaired) electrons. The van der Waals surface area contributed by atoms with Crippen LogP contribution in [-0.2, 0) is 28.2 Å². The van der Waals surface area contributed by atoms with Crippen LogP contribution < -0.4 is 11.0 Å². The van der Waals surface area contributed by atoms with Gasteiger partial charge in [-0.1, -0.05) is 30.3 Å². The summed E-state index contributed by atoms with van der Waals surface area (Å²) in [6.07, 6.45) is -8.62. The van der Waals surface area contributed by atoms with Crippen LogP contribution >= 0.6 is 0 Å². The summed E-state index contributed by atoms with van der Waals surface area (Å²) < 4.78 is 87.6. The lowest BCUT2D eigenvalue weighted by molar-refractivity contribution is -0.143. The van der Waals surface area contributed by atoms with Crippen molar-refractivity contribution in [2.75, 3.05) is 19.8 Å². The number of H-pyrrole nitrogens is 1. The van der Waals surface area contributed by atoms with E-state index in [1.54, 1.807) is 12.1 Å². The maximum absolute atomic E-state index is 13.4. The summed E-state index contributed by atoms with van der Waals surface area (Å²) in [5.74, 6) is 0. The molecule has 1 fully saturated rings. The molecule has 3 aromatic rings. The van der Waals surface area contributed by atoms with Crippen LogP contribution in [0, 0.1) is 0 Å². The molecule has 2 aromatic carbocycles. The van der Waals surface area contributed by atoms with Crippen molar-refractivity contribution in [2.24, 2.45) is 0 Å². The van der Waals surface area contributed by atoms with Crippen LogP contribution in [-0.4, -0.2) is 39.6 Å². The second-order valence-corrected chi connectivity index (χ2v) is 9.82. The highest BCUT2D eigenvalue weighted by Crippen LogP contribution is 2.41. The van der Waals surface area contributed by atoms with Gasteiger partial charge in [0.05, 0.1) is 34.9 Å². The van der Waals surface area contributed by atoms with E-state index in [1.807, 2.05) is 18.2 Å². The van der Waals surface area contributed by atoms with Gasteiger partial charge in [0, 0.05) is 13.2 Å². The first-order chi connectivity index (χ1) is 18.3. The number of hydrogen-bond acceptors (Lipinski definition) is 5. The number of aliphatic hydroxyl groups excluding tert-OH is 1. The molecule has 3 N–H and O–H groups in total. The molecule has 1 saturated heterocycles. The van der Waals surface area contributed by atoms with Crippen molar-refractivity contribution in [1.82, 2.24) is 20.1 Å². The van der Waals surface area contributed by atoms with Crippen molar-refractivity contribution >= 4 is 0 Å². The number of alkyl halides is 6. The number of aliphatic hydroxyl groups is 1. The minimum absolute atomic E-state index is 0.0781. The highest BCUT2D eigenvalue weighted by Gasteiger charge is 2.45.